The van der Waals surface area contributed by atoms with E-state index in [1.807, 2.05) is 11.7 Å². The molecule has 0 aliphatic heterocycles. The summed E-state index contributed by atoms with van der Waals surface area (Å²) in [6, 6.07) is 0. The van der Waals surface area contributed by atoms with Gasteiger partial charge in [0.2, 0.25) is 0 Å². The number of rotatable bonds is 8. The second-order valence-corrected chi connectivity index (χ2v) is 7.19. The Labute approximate surface area is 132 Å². The van der Waals surface area contributed by atoms with E-state index in [1.54, 1.807) is 0 Å². The lowest BCUT2D eigenvalue weighted by atomic mass is 9.91. The van der Waals surface area contributed by atoms with Gasteiger partial charge in [-0.25, -0.2) is 0 Å². The highest BCUT2D eigenvalue weighted by atomic mass is 79.9. The topological polar surface area (TPSA) is 29.9 Å². The molecule has 1 heterocycles. The van der Waals surface area contributed by atoms with Crippen LogP contribution in [0, 0.1) is 17.8 Å². The second-order valence-electron chi connectivity index (χ2n) is 6.40. The van der Waals surface area contributed by atoms with Crippen LogP contribution in [0.2, 0.25) is 0 Å². The standard InChI is InChI=1S/C16H30BrN3/c1-7-14-16(17)15(20(6)19-14)8-12(4)13(5)10-18-9-11(2)3/h11-13,18H,7-10H2,1-6H3. The molecule has 4 heteroatoms. The van der Waals surface area contributed by atoms with Crippen LogP contribution in [-0.4, -0.2) is 22.9 Å². The Hall–Kier alpha value is -0.350. The smallest absolute Gasteiger partial charge is 0.0766 e. The summed E-state index contributed by atoms with van der Waals surface area (Å²) in [5.41, 5.74) is 2.49. The van der Waals surface area contributed by atoms with Gasteiger partial charge in [-0.2, -0.15) is 5.10 Å². The summed E-state index contributed by atoms with van der Waals surface area (Å²) in [5.74, 6) is 2.03. The molecule has 3 nitrogen and oxygen atoms in total. The predicted octanol–water partition coefficient (Wildman–Crippen LogP) is 3.81. The first-order valence-corrected chi connectivity index (χ1v) is 8.57. The predicted molar refractivity (Wildman–Crippen MR) is 90.0 cm³/mol. The number of aromatic nitrogens is 2. The van der Waals surface area contributed by atoms with Gasteiger partial charge in [-0.05, 0) is 59.6 Å². The van der Waals surface area contributed by atoms with E-state index in [0.29, 0.717) is 11.8 Å². The number of halogens is 1. The fourth-order valence-corrected chi connectivity index (χ4v) is 3.13. The third kappa shape index (κ3) is 4.88. The van der Waals surface area contributed by atoms with E-state index in [-0.39, 0.29) is 0 Å². The van der Waals surface area contributed by atoms with Gasteiger partial charge in [0.15, 0.2) is 0 Å². The summed E-state index contributed by atoms with van der Waals surface area (Å²) >= 11 is 3.71. The molecule has 1 N–H and O–H groups in total. The summed E-state index contributed by atoms with van der Waals surface area (Å²) < 4.78 is 3.24. The van der Waals surface area contributed by atoms with Gasteiger partial charge in [0.25, 0.3) is 0 Å². The summed E-state index contributed by atoms with van der Waals surface area (Å²) in [6.07, 6.45) is 2.06. The fraction of sp³-hybridized carbons (Fsp3) is 0.812. The van der Waals surface area contributed by atoms with Crippen LogP contribution in [0.4, 0.5) is 0 Å². The molecule has 0 bridgehead atoms. The van der Waals surface area contributed by atoms with E-state index in [2.05, 4.69) is 61.0 Å². The SMILES string of the molecule is CCc1nn(C)c(CC(C)C(C)CNCC(C)C)c1Br. The molecule has 0 fully saturated rings. The average molecular weight is 344 g/mol. The first-order chi connectivity index (χ1) is 9.36. The van der Waals surface area contributed by atoms with Crippen LogP contribution >= 0.6 is 15.9 Å². The molecular formula is C16H30BrN3. The van der Waals surface area contributed by atoms with E-state index < -0.39 is 0 Å². The summed E-state index contributed by atoms with van der Waals surface area (Å²) in [7, 11) is 2.05. The third-order valence-electron chi connectivity index (χ3n) is 4.01. The van der Waals surface area contributed by atoms with Gasteiger partial charge in [-0.3, -0.25) is 4.68 Å². The minimum Gasteiger partial charge on any atom is -0.316 e. The minimum absolute atomic E-state index is 0.645. The Morgan fingerprint density at radius 2 is 1.80 bits per heavy atom. The van der Waals surface area contributed by atoms with Crippen molar-refractivity contribution in [1.82, 2.24) is 15.1 Å². The Bertz CT molecular complexity index is 412. The Morgan fingerprint density at radius 3 is 2.30 bits per heavy atom. The van der Waals surface area contributed by atoms with Crippen molar-refractivity contribution in [3.63, 3.8) is 0 Å². The van der Waals surface area contributed by atoms with Gasteiger partial charge in [-0.15, -0.1) is 0 Å². The molecule has 116 valence electrons. The maximum Gasteiger partial charge on any atom is 0.0766 e. The maximum atomic E-state index is 4.58. The van der Waals surface area contributed by atoms with Crippen LogP contribution in [0.25, 0.3) is 0 Å². The van der Waals surface area contributed by atoms with Crippen molar-refractivity contribution in [2.45, 2.75) is 47.5 Å². The maximum absolute atomic E-state index is 4.58. The molecule has 0 saturated carbocycles. The van der Waals surface area contributed by atoms with Crippen LogP contribution in [-0.2, 0) is 19.9 Å². The molecule has 0 radical (unpaired) electrons. The second kappa shape index (κ2) is 8.18. The zero-order chi connectivity index (χ0) is 15.3. The lowest BCUT2D eigenvalue weighted by Gasteiger charge is -2.21. The van der Waals surface area contributed by atoms with Gasteiger partial charge >= 0.3 is 0 Å². The highest BCUT2D eigenvalue weighted by Gasteiger charge is 2.18. The van der Waals surface area contributed by atoms with Crippen LogP contribution in [0.15, 0.2) is 4.47 Å². The number of hydrogen-bond acceptors (Lipinski definition) is 2. The average Bonchev–Trinajstić information content (AvgIpc) is 2.65. The highest BCUT2D eigenvalue weighted by Crippen LogP contribution is 2.26. The number of nitrogens with one attached hydrogen (secondary N) is 1. The van der Waals surface area contributed by atoms with Crippen molar-refractivity contribution in [3.05, 3.63) is 15.9 Å². The van der Waals surface area contributed by atoms with E-state index >= 15 is 0 Å². The quantitative estimate of drug-likeness (QED) is 0.777. The lowest BCUT2D eigenvalue weighted by molar-refractivity contribution is 0.351. The monoisotopic (exact) mass is 343 g/mol. The fourth-order valence-electron chi connectivity index (χ4n) is 2.35. The van der Waals surface area contributed by atoms with Crippen molar-refractivity contribution >= 4 is 15.9 Å². The van der Waals surface area contributed by atoms with Crippen LogP contribution in [0.3, 0.4) is 0 Å². The van der Waals surface area contributed by atoms with Gasteiger partial charge in [0.1, 0.15) is 0 Å². The molecule has 0 aliphatic carbocycles. The van der Waals surface area contributed by atoms with Gasteiger partial charge < -0.3 is 5.32 Å². The molecule has 0 spiro atoms. The van der Waals surface area contributed by atoms with Gasteiger partial charge in [0, 0.05) is 7.05 Å². The molecule has 1 aromatic heterocycles. The zero-order valence-electron chi connectivity index (χ0n) is 13.8. The first-order valence-electron chi connectivity index (χ1n) is 7.77. The van der Waals surface area contributed by atoms with E-state index in [9.17, 15) is 0 Å². The summed E-state index contributed by atoms with van der Waals surface area (Å²) in [6.45, 7) is 13.5. The molecular weight excluding hydrogens is 314 g/mol. The largest absolute Gasteiger partial charge is 0.316 e. The van der Waals surface area contributed by atoms with E-state index in [0.717, 1.165) is 31.8 Å². The summed E-state index contributed by atoms with van der Waals surface area (Å²) in [5, 5.41) is 8.14. The van der Waals surface area contributed by atoms with Crippen LogP contribution < -0.4 is 5.32 Å². The van der Waals surface area contributed by atoms with E-state index in [4.69, 9.17) is 0 Å². The Balaban J connectivity index is 2.57. The highest BCUT2D eigenvalue weighted by molar-refractivity contribution is 9.10. The van der Waals surface area contributed by atoms with Crippen molar-refractivity contribution in [2.75, 3.05) is 13.1 Å². The van der Waals surface area contributed by atoms with Crippen LogP contribution in [0.5, 0.6) is 0 Å². The molecule has 2 atom stereocenters. The normalized spacial score (nSPS) is 14.8. The number of nitrogens with zero attached hydrogens (tertiary/aromatic N) is 2. The molecule has 0 aliphatic rings. The molecule has 1 aromatic rings. The first kappa shape index (κ1) is 17.7. The molecule has 2 unspecified atom stereocenters. The van der Waals surface area contributed by atoms with Crippen molar-refractivity contribution in [3.8, 4) is 0 Å². The van der Waals surface area contributed by atoms with Crippen molar-refractivity contribution < 1.29 is 0 Å². The Kier molecular flexibility index (Phi) is 7.24. The molecule has 20 heavy (non-hydrogen) atoms. The van der Waals surface area contributed by atoms with Gasteiger partial charge in [-0.1, -0.05) is 34.6 Å². The molecule has 1 rings (SSSR count). The van der Waals surface area contributed by atoms with Crippen molar-refractivity contribution in [1.29, 1.82) is 0 Å². The molecule has 0 saturated heterocycles. The van der Waals surface area contributed by atoms with Crippen molar-refractivity contribution in [2.24, 2.45) is 24.8 Å². The van der Waals surface area contributed by atoms with Crippen LogP contribution in [0.1, 0.15) is 46.0 Å². The third-order valence-corrected chi connectivity index (χ3v) is 4.92. The number of aryl methyl sites for hydroxylation is 2. The molecule has 0 aromatic carbocycles. The molecule has 0 amide bonds. The Morgan fingerprint density at radius 1 is 1.15 bits per heavy atom. The van der Waals surface area contributed by atoms with E-state index in [1.165, 1.54) is 15.9 Å². The summed E-state index contributed by atoms with van der Waals surface area (Å²) in [4.78, 5) is 0. The lowest BCUT2D eigenvalue weighted by Crippen LogP contribution is -2.29. The zero-order valence-corrected chi connectivity index (χ0v) is 15.4. The number of hydrogen-bond donors (Lipinski definition) is 1. The minimum atomic E-state index is 0.645. The van der Waals surface area contributed by atoms with Gasteiger partial charge in [0.05, 0.1) is 15.9 Å².